The lowest BCUT2D eigenvalue weighted by molar-refractivity contribution is -0.148. The van der Waals surface area contributed by atoms with Crippen molar-refractivity contribution in [3.05, 3.63) is 83.9 Å². The van der Waals surface area contributed by atoms with Crippen LogP contribution in [0.25, 0.3) is 0 Å². The summed E-state index contributed by atoms with van der Waals surface area (Å²) in [6, 6.07) is 20.4. The predicted molar refractivity (Wildman–Crippen MR) is 129 cm³/mol. The fraction of sp³-hybridized carbons (Fsp3) is 0.464. The van der Waals surface area contributed by atoms with E-state index in [2.05, 4.69) is 26.0 Å². The van der Waals surface area contributed by atoms with Gasteiger partial charge in [0, 0.05) is 6.08 Å². The molecule has 2 aromatic carbocycles. The fourth-order valence-electron chi connectivity index (χ4n) is 3.67. The van der Waals surface area contributed by atoms with Crippen LogP contribution in [0.1, 0.15) is 64.7 Å². The van der Waals surface area contributed by atoms with Gasteiger partial charge in [0.2, 0.25) is 0 Å². The van der Waals surface area contributed by atoms with Gasteiger partial charge in [-0.25, -0.2) is 4.79 Å². The molecule has 0 aromatic heterocycles. The molecule has 3 atom stereocenters. The molecule has 0 saturated carbocycles. The molecule has 0 aliphatic heterocycles. The summed E-state index contributed by atoms with van der Waals surface area (Å²) >= 11 is 0. The Hall–Kier alpha value is -2.43. The average Bonchev–Trinajstić information content (AvgIpc) is 2.73. The molecule has 4 nitrogen and oxygen atoms in total. The van der Waals surface area contributed by atoms with E-state index in [9.17, 15) is 4.79 Å². The standard InChI is InChI=1S/C28H38O4/c1-22(13-12-18-26(29)32-28(3,4)5)19-23(2)27(25-16-10-7-11-17-25)31-21-30-20-24-14-8-6-9-15-24/h6-12,14-18,22-23,27H,13,19-21H2,1-5H3/b18-12+/t22-,23-,27-/m0/s1. The summed E-state index contributed by atoms with van der Waals surface area (Å²) in [6.45, 7) is 10.8. The number of allylic oxidation sites excluding steroid dienone is 1. The summed E-state index contributed by atoms with van der Waals surface area (Å²) in [5.41, 5.74) is 1.82. The van der Waals surface area contributed by atoms with E-state index in [1.165, 1.54) is 6.08 Å². The van der Waals surface area contributed by atoms with Crippen molar-refractivity contribution in [1.29, 1.82) is 0 Å². The number of carbonyl (C=O) groups is 1. The summed E-state index contributed by atoms with van der Waals surface area (Å²) in [6.07, 6.45) is 5.18. The summed E-state index contributed by atoms with van der Waals surface area (Å²) in [5, 5.41) is 0. The highest BCUT2D eigenvalue weighted by Gasteiger charge is 2.22. The second-order valence-electron chi connectivity index (χ2n) is 9.44. The predicted octanol–water partition coefficient (Wildman–Crippen LogP) is 6.87. The molecule has 2 aromatic rings. The van der Waals surface area contributed by atoms with Crippen LogP contribution in [0.3, 0.4) is 0 Å². The first-order valence-corrected chi connectivity index (χ1v) is 11.4. The molecule has 174 valence electrons. The molecule has 0 aliphatic rings. The molecule has 2 rings (SSSR count). The Morgan fingerprint density at radius 3 is 2.22 bits per heavy atom. The monoisotopic (exact) mass is 438 g/mol. The van der Waals surface area contributed by atoms with E-state index in [1.807, 2.05) is 75.4 Å². The van der Waals surface area contributed by atoms with E-state index in [-0.39, 0.29) is 18.9 Å². The third kappa shape index (κ3) is 10.3. The normalized spacial score (nSPS) is 14.8. The van der Waals surface area contributed by atoms with Gasteiger partial charge in [-0.05, 0) is 56.6 Å². The minimum absolute atomic E-state index is 0.0516. The first-order valence-electron chi connectivity index (χ1n) is 11.4. The Morgan fingerprint density at radius 2 is 1.59 bits per heavy atom. The lowest BCUT2D eigenvalue weighted by Crippen LogP contribution is -2.22. The van der Waals surface area contributed by atoms with Gasteiger partial charge in [-0.1, -0.05) is 80.6 Å². The quantitative estimate of drug-likeness (QED) is 0.157. The highest BCUT2D eigenvalue weighted by atomic mass is 16.7. The van der Waals surface area contributed by atoms with Crippen molar-refractivity contribution in [3.63, 3.8) is 0 Å². The van der Waals surface area contributed by atoms with E-state index in [4.69, 9.17) is 14.2 Å². The van der Waals surface area contributed by atoms with Gasteiger partial charge in [-0.2, -0.15) is 0 Å². The molecule has 0 saturated heterocycles. The van der Waals surface area contributed by atoms with Gasteiger partial charge in [0.25, 0.3) is 0 Å². The van der Waals surface area contributed by atoms with E-state index in [0.29, 0.717) is 18.4 Å². The Kier molecular flexibility index (Phi) is 10.6. The first kappa shape index (κ1) is 25.8. The van der Waals surface area contributed by atoms with Crippen LogP contribution in [-0.2, 0) is 25.6 Å². The Morgan fingerprint density at radius 1 is 0.969 bits per heavy atom. The molecule has 32 heavy (non-hydrogen) atoms. The van der Waals surface area contributed by atoms with E-state index in [1.54, 1.807) is 0 Å². The maximum atomic E-state index is 11.9. The van der Waals surface area contributed by atoms with Crippen LogP contribution in [0.4, 0.5) is 0 Å². The van der Waals surface area contributed by atoms with Crippen LogP contribution in [0.15, 0.2) is 72.8 Å². The second kappa shape index (κ2) is 13.2. The lowest BCUT2D eigenvalue weighted by Gasteiger charge is -2.27. The minimum atomic E-state index is -0.468. The fourth-order valence-corrected chi connectivity index (χ4v) is 3.67. The van der Waals surface area contributed by atoms with Crippen LogP contribution in [0.5, 0.6) is 0 Å². The molecule has 0 N–H and O–H groups in total. The lowest BCUT2D eigenvalue weighted by atomic mass is 9.87. The molecule has 4 heteroatoms. The van der Waals surface area contributed by atoms with Crippen LogP contribution in [-0.4, -0.2) is 18.4 Å². The smallest absolute Gasteiger partial charge is 0.330 e. The zero-order valence-corrected chi connectivity index (χ0v) is 20.1. The average molecular weight is 439 g/mol. The second-order valence-corrected chi connectivity index (χ2v) is 9.44. The summed E-state index contributed by atoms with van der Waals surface area (Å²) in [4.78, 5) is 11.9. The van der Waals surface area contributed by atoms with Crippen molar-refractivity contribution < 1.29 is 19.0 Å². The largest absolute Gasteiger partial charge is 0.457 e. The van der Waals surface area contributed by atoms with Gasteiger partial charge >= 0.3 is 5.97 Å². The van der Waals surface area contributed by atoms with Gasteiger partial charge in [0.1, 0.15) is 12.4 Å². The van der Waals surface area contributed by atoms with Gasteiger partial charge < -0.3 is 14.2 Å². The number of benzene rings is 2. The number of rotatable bonds is 12. The van der Waals surface area contributed by atoms with E-state index in [0.717, 1.165) is 24.0 Å². The molecular formula is C28H38O4. The zero-order chi connectivity index (χ0) is 23.4. The first-order chi connectivity index (χ1) is 15.2. The molecular weight excluding hydrogens is 400 g/mol. The highest BCUT2D eigenvalue weighted by Crippen LogP contribution is 2.31. The number of hydrogen-bond donors (Lipinski definition) is 0. The van der Waals surface area contributed by atoms with Gasteiger partial charge in [-0.15, -0.1) is 0 Å². The molecule has 0 bridgehead atoms. The molecule has 0 radical (unpaired) electrons. The minimum Gasteiger partial charge on any atom is -0.457 e. The number of carbonyl (C=O) groups excluding carboxylic acids is 1. The summed E-state index contributed by atoms with van der Waals surface area (Å²) < 4.78 is 17.3. The van der Waals surface area contributed by atoms with Crippen molar-refractivity contribution >= 4 is 5.97 Å². The number of esters is 1. The Balaban J connectivity index is 1.87. The summed E-state index contributed by atoms with van der Waals surface area (Å²) in [5.74, 6) is 0.408. The maximum Gasteiger partial charge on any atom is 0.330 e. The van der Waals surface area contributed by atoms with Gasteiger partial charge in [0.15, 0.2) is 0 Å². The van der Waals surface area contributed by atoms with Crippen molar-refractivity contribution in [2.45, 2.75) is 65.8 Å². The van der Waals surface area contributed by atoms with Gasteiger partial charge in [0.05, 0.1) is 12.7 Å². The maximum absolute atomic E-state index is 11.9. The van der Waals surface area contributed by atoms with Crippen molar-refractivity contribution in [3.8, 4) is 0 Å². The molecule has 0 amide bonds. The van der Waals surface area contributed by atoms with E-state index >= 15 is 0 Å². The van der Waals surface area contributed by atoms with Gasteiger partial charge in [-0.3, -0.25) is 0 Å². The molecule has 0 heterocycles. The SMILES string of the molecule is C[C@@H](C/C=C/C(=O)OC(C)(C)C)C[C@H](C)[C@H](OCOCc1ccccc1)c1ccccc1. The topological polar surface area (TPSA) is 44.8 Å². The van der Waals surface area contributed by atoms with Crippen LogP contribution in [0.2, 0.25) is 0 Å². The molecule has 0 aliphatic carbocycles. The molecule has 0 unspecified atom stereocenters. The Bertz CT molecular complexity index is 808. The third-order valence-electron chi connectivity index (χ3n) is 5.06. The van der Waals surface area contributed by atoms with Crippen molar-refractivity contribution in [2.24, 2.45) is 11.8 Å². The van der Waals surface area contributed by atoms with Crippen molar-refractivity contribution in [1.82, 2.24) is 0 Å². The van der Waals surface area contributed by atoms with Crippen LogP contribution in [0, 0.1) is 11.8 Å². The van der Waals surface area contributed by atoms with E-state index < -0.39 is 5.60 Å². The zero-order valence-electron chi connectivity index (χ0n) is 20.1. The summed E-state index contributed by atoms with van der Waals surface area (Å²) in [7, 11) is 0. The number of ether oxygens (including phenoxy) is 3. The van der Waals surface area contributed by atoms with Crippen molar-refractivity contribution in [2.75, 3.05) is 6.79 Å². The molecule has 0 fully saturated rings. The van der Waals surface area contributed by atoms with Crippen LogP contribution >= 0.6 is 0 Å². The van der Waals surface area contributed by atoms with Crippen LogP contribution < -0.4 is 0 Å². The highest BCUT2D eigenvalue weighted by molar-refractivity contribution is 5.82. The third-order valence-corrected chi connectivity index (χ3v) is 5.06. The Labute approximate surface area is 193 Å². The number of hydrogen-bond acceptors (Lipinski definition) is 4. The molecule has 0 spiro atoms.